The molecule has 5 amide bonds. The number of hydrogen-bond acceptors (Lipinski definition) is 7. The number of para-hydroxylation sites is 2. The fourth-order valence-electron chi connectivity index (χ4n) is 8.24. The average Bonchev–Trinajstić information content (AvgIpc) is 4.05. The van der Waals surface area contributed by atoms with E-state index < -0.39 is 73.9 Å². The molecule has 0 bridgehead atoms. The number of nitrogens with zero attached hydrogens (tertiary/aromatic N) is 3. The van der Waals surface area contributed by atoms with Crippen LogP contribution in [0.1, 0.15) is 72.1 Å². The molecule has 0 unspecified atom stereocenters. The number of carbonyl (C=O) groups is 5. The van der Waals surface area contributed by atoms with Crippen LogP contribution in [0.4, 0.5) is 4.79 Å². The predicted octanol–water partition coefficient (Wildman–Crippen LogP) is 4.06. The lowest BCUT2D eigenvalue weighted by atomic mass is 9.77. The Hall–Kier alpha value is -4.72. The number of carbonyl (C=O) groups excluding carboxylic acids is 5. The molecule has 1 aromatic heterocycles. The number of rotatable bonds is 10. The lowest BCUT2D eigenvalue weighted by Crippen LogP contribution is -2.57. The van der Waals surface area contributed by atoms with E-state index >= 15 is 0 Å². The van der Waals surface area contributed by atoms with Gasteiger partial charge < -0.3 is 20.4 Å². The van der Waals surface area contributed by atoms with E-state index in [1.165, 1.54) is 11.0 Å². The Morgan fingerprint density at radius 2 is 1.56 bits per heavy atom. The molecule has 14 heteroatoms. The minimum atomic E-state index is -3.90. The van der Waals surface area contributed by atoms with Crippen LogP contribution in [0.5, 0.6) is 0 Å². The normalized spacial score (nSPS) is 24.9. The van der Waals surface area contributed by atoms with E-state index in [0.717, 1.165) is 30.0 Å². The third-order valence-electron chi connectivity index (χ3n) is 11.7. The molecule has 7 rings (SSSR count). The van der Waals surface area contributed by atoms with Crippen LogP contribution in [-0.2, 0) is 29.2 Å². The Bertz CT molecular complexity index is 2080. The van der Waals surface area contributed by atoms with E-state index in [-0.39, 0.29) is 31.7 Å². The maximum absolute atomic E-state index is 14.7. The molecule has 3 aromatic rings. The van der Waals surface area contributed by atoms with E-state index in [2.05, 4.69) is 21.9 Å². The van der Waals surface area contributed by atoms with Crippen molar-refractivity contribution in [1.29, 1.82) is 0 Å². The van der Waals surface area contributed by atoms with Crippen molar-refractivity contribution in [2.45, 2.75) is 95.0 Å². The molecule has 2 aliphatic heterocycles. The molecule has 5 atom stereocenters. The molecule has 13 nitrogen and oxygen atoms in total. The summed E-state index contributed by atoms with van der Waals surface area (Å²) in [4.78, 5) is 73.6. The molecule has 0 spiro atoms. The fourth-order valence-corrected chi connectivity index (χ4v) is 9.61. The standard InChI is InChI=1S/C40H50N6O7S/c1-5-25-23-40(25,37(50)43-54(52,53)27-17-18-27)42-35(48)33-21-26(41-38(51)46-31-15-9-7-13-28(31)29-14-8-10-16-32(29)46)24-45(33)36(49)30(39(2,3)4)22-34(47)44-19-11-6-12-20-44/h5,7-10,13-16,25-27,30,33H,1,6,11-12,17-24H2,2-4H3,(H,41,51)(H,42,48)(H,43,50)/t25-,26-,30-,33+,40-/m1/s1. The lowest BCUT2D eigenvalue weighted by Gasteiger charge is -2.36. The van der Waals surface area contributed by atoms with Gasteiger partial charge in [0.05, 0.1) is 28.2 Å². The maximum Gasteiger partial charge on any atom is 0.326 e. The van der Waals surface area contributed by atoms with Gasteiger partial charge in [0.15, 0.2) is 0 Å². The van der Waals surface area contributed by atoms with Crippen LogP contribution in [0, 0.1) is 17.3 Å². The smallest absolute Gasteiger partial charge is 0.326 e. The molecule has 4 fully saturated rings. The van der Waals surface area contributed by atoms with Gasteiger partial charge in [-0.15, -0.1) is 6.58 Å². The van der Waals surface area contributed by atoms with Crippen LogP contribution in [0.25, 0.3) is 21.8 Å². The first-order valence-corrected chi connectivity index (χ1v) is 20.6. The number of likely N-dealkylation sites (tertiary alicyclic amines) is 2. The Labute approximate surface area is 315 Å². The molecule has 2 aromatic carbocycles. The van der Waals surface area contributed by atoms with Gasteiger partial charge in [-0.1, -0.05) is 63.2 Å². The molecule has 0 radical (unpaired) electrons. The summed E-state index contributed by atoms with van der Waals surface area (Å²) in [5, 5.41) is 7.07. The first kappa shape index (κ1) is 37.6. The molecule has 2 saturated heterocycles. The second-order valence-electron chi connectivity index (χ2n) is 16.5. The Balaban J connectivity index is 1.18. The summed E-state index contributed by atoms with van der Waals surface area (Å²) in [6.07, 6.45) is 5.46. The molecule has 2 aliphatic carbocycles. The largest absolute Gasteiger partial charge is 0.343 e. The number of fused-ring (bicyclic) bond motifs is 3. The Morgan fingerprint density at radius 3 is 2.11 bits per heavy atom. The van der Waals surface area contributed by atoms with Crippen LogP contribution < -0.4 is 15.4 Å². The summed E-state index contributed by atoms with van der Waals surface area (Å²) < 4.78 is 29.2. The monoisotopic (exact) mass is 758 g/mol. The van der Waals surface area contributed by atoms with Crippen LogP contribution in [0.2, 0.25) is 0 Å². The number of nitrogens with one attached hydrogen (secondary N) is 3. The van der Waals surface area contributed by atoms with Crippen LogP contribution >= 0.6 is 0 Å². The van der Waals surface area contributed by atoms with Crippen molar-refractivity contribution in [3.63, 3.8) is 0 Å². The van der Waals surface area contributed by atoms with Crippen molar-refractivity contribution in [2.75, 3.05) is 19.6 Å². The molecule has 3 N–H and O–H groups in total. The molecular weight excluding hydrogens is 709 g/mol. The van der Waals surface area contributed by atoms with Crippen molar-refractivity contribution in [3.05, 3.63) is 61.2 Å². The van der Waals surface area contributed by atoms with Gasteiger partial charge in [0, 0.05) is 42.7 Å². The van der Waals surface area contributed by atoms with Gasteiger partial charge in [0.2, 0.25) is 27.7 Å². The highest BCUT2D eigenvalue weighted by atomic mass is 32.2. The molecule has 4 aliphatic rings. The van der Waals surface area contributed by atoms with Crippen LogP contribution in [0.15, 0.2) is 61.2 Å². The van der Waals surface area contributed by atoms with Crippen LogP contribution in [0.3, 0.4) is 0 Å². The van der Waals surface area contributed by atoms with Gasteiger partial charge in [0.25, 0.3) is 5.91 Å². The number of aromatic nitrogens is 1. The van der Waals surface area contributed by atoms with E-state index in [4.69, 9.17) is 0 Å². The van der Waals surface area contributed by atoms with Gasteiger partial charge >= 0.3 is 6.03 Å². The van der Waals surface area contributed by atoms with Gasteiger partial charge in [-0.25, -0.2) is 13.2 Å². The second-order valence-corrected chi connectivity index (χ2v) is 18.5. The topological polar surface area (TPSA) is 167 Å². The van der Waals surface area contributed by atoms with Crippen LogP contribution in [-0.4, -0.2) is 95.0 Å². The molecule has 288 valence electrons. The first-order valence-electron chi connectivity index (χ1n) is 19.0. The van der Waals surface area contributed by atoms with E-state index in [1.54, 1.807) is 9.47 Å². The minimum Gasteiger partial charge on any atom is -0.343 e. The van der Waals surface area contributed by atoms with E-state index in [9.17, 15) is 32.4 Å². The quantitative estimate of drug-likeness (QED) is 0.262. The minimum absolute atomic E-state index is 0.00950. The summed E-state index contributed by atoms with van der Waals surface area (Å²) in [5.74, 6) is -3.28. The fraction of sp³-hybridized carbons (Fsp3) is 0.525. The zero-order chi connectivity index (χ0) is 38.6. The van der Waals surface area contributed by atoms with E-state index in [0.29, 0.717) is 37.0 Å². The number of piperidine rings is 1. The van der Waals surface area contributed by atoms with Gasteiger partial charge in [-0.05, 0) is 62.5 Å². The number of sulfonamides is 1. The third-order valence-corrected chi connectivity index (χ3v) is 13.5. The van der Waals surface area contributed by atoms with Crippen molar-refractivity contribution in [1.82, 2.24) is 29.7 Å². The Morgan fingerprint density at radius 1 is 0.944 bits per heavy atom. The molecular formula is C40H50N6O7S. The second kappa shape index (κ2) is 14.2. The Kier molecular flexibility index (Phi) is 9.86. The average molecular weight is 759 g/mol. The highest BCUT2D eigenvalue weighted by molar-refractivity contribution is 7.91. The molecule has 54 heavy (non-hydrogen) atoms. The van der Waals surface area contributed by atoms with E-state index in [1.807, 2.05) is 69.3 Å². The first-order chi connectivity index (χ1) is 25.6. The zero-order valence-electron chi connectivity index (χ0n) is 31.2. The number of hydrogen-bond donors (Lipinski definition) is 3. The third kappa shape index (κ3) is 7.12. The molecule has 2 saturated carbocycles. The summed E-state index contributed by atoms with van der Waals surface area (Å²) in [6.45, 7) is 10.7. The molecule has 3 heterocycles. The SMILES string of the molecule is C=C[C@@H]1C[C@]1(NC(=O)[C@@H]1C[C@@H](NC(=O)n2c3ccccc3c3ccccc32)CN1C(=O)[C@@H](CC(=O)N1CCCCC1)C(C)(C)C)C(=O)NS(=O)(=O)C1CC1. The van der Waals surface area contributed by atoms with Gasteiger partial charge in [0.1, 0.15) is 11.6 Å². The van der Waals surface area contributed by atoms with Crippen molar-refractivity contribution in [3.8, 4) is 0 Å². The van der Waals surface area contributed by atoms with Crippen molar-refractivity contribution >= 4 is 61.5 Å². The maximum atomic E-state index is 14.7. The van der Waals surface area contributed by atoms with Gasteiger partial charge in [-0.2, -0.15) is 0 Å². The number of benzene rings is 2. The summed E-state index contributed by atoms with van der Waals surface area (Å²) >= 11 is 0. The lowest BCUT2D eigenvalue weighted by molar-refractivity contribution is -0.148. The highest BCUT2D eigenvalue weighted by Gasteiger charge is 2.62. The predicted molar refractivity (Wildman–Crippen MR) is 205 cm³/mol. The van der Waals surface area contributed by atoms with Gasteiger partial charge in [-0.3, -0.25) is 28.5 Å². The summed E-state index contributed by atoms with van der Waals surface area (Å²) in [7, 11) is -3.90. The zero-order valence-corrected chi connectivity index (χ0v) is 32.0. The summed E-state index contributed by atoms with van der Waals surface area (Å²) in [6, 6.07) is 13.0. The van der Waals surface area contributed by atoms with Crippen molar-refractivity contribution in [2.24, 2.45) is 17.3 Å². The van der Waals surface area contributed by atoms with Crippen molar-refractivity contribution < 1.29 is 32.4 Å². The highest BCUT2D eigenvalue weighted by Crippen LogP contribution is 2.46. The number of amides is 5. The summed E-state index contributed by atoms with van der Waals surface area (Å²) in [5.41, 5.74) is -0.790.